The van der Waals surface area contributed by atoms with Crippen molar-refractivity contribution in [2.45, 2.75) is 135 Å². The average molecular weight is 560 g/mol. The first-order valence-electron chi connectivity index (χ1n) is 16.0. The Hall–Kier alpha value is -1.31. The molecule has 3 aromatic rings. The summed E-state index contributed by atoms with van der Waals surface area (Å²) in [5, 5.41) is 16.4. The molecule has 0 spiro atoms. The Morgan fingerprint density at radius 2 is 0.805 bits per heavy atom. The number of hydrogen-bond donors (Lipinski definition) is 0. The molecule has 0 unspecified atom stereocenters. The average Bonchev–Trinajstić information content (AvgIpc) is 3.72. The van der Waals surface area contributed by atoms with E-state index in [1.165, 1.54) is 72.3 Å². The van der Waals surface area contributed by atoms with Gasteiger partial charge in [0.2, 0.25) is 0 Å². The SMILES string of the molecule is CC1(C)[C@H]2CC[C@]1(C)c1nn([B-](n3cc4c(n3)[C@@]3(C)CC[C@@H]4C3(C)C)n3cc4c(n3)[C@@]3(C)CC[C@@H]4C3(C)C)cc12.[Na+]. The third-order valence-electron chi connectivity index (χ3n) is 15.4. The minimum absolute atomic E-state index is 0. The van der Waals surface area contributed by atoms with Gasteiger partial charge >= 0.3 is 29.6 Å². The van der Waals surface area contributed by atoms with Crippen molar-refractivity contribution < 1.29 is 29.6 Å². The topological polar surface area (TPSA) is 53.5 Å². The molecule has 6 aliphatic carbocycles. The monoisotopic (exact) mass is 559 g/mol. The molecule has 0 saturated heterocycles. The molecule has 3 fully saturated rings. The van der Waals surface area contributed by atoms with E-state index in [0.717, 1.165) is 0 Å². The largest absolute Gasteiger partial charge is 1.00 e. The fourth-order valence-corrected chi connectivity index (χ4v) is 11.4. The van der Waals surface area contributed by atoms with E-state index in [1.807, 2.05) is 0 Å². The summed E-state index contributed by atoms with van der Waals surface area (Å²) in [6.45, 7) is 22.1. The predicted molar refractivity (Wildman–Crippen MR) is 158 cm³/mol. The van der Waals surface area contributed by atoms with Gasteiger partial charge in [-0.3, -0.25) is 0 Å². The standard InChI is InChI=1S/C33H45BN6.Na/c1-28(2)22-10-13-31(28,7)25-19(22)16-38(35-25)34(39-17-20-23-11-14-32(8,26(20)36-39)29(23,3)4)40-18-21-24-12-15-33(9,27(21)37-40)30(24,5)6;/h16-18,22-24H,10-15H2,1-9H3;/q-1;+1/t22-,23-,24-,31+,32+,33+;/m0./s1. The fourth-order valence-electron chi connectivity index (χ4n) is 11.4. The van der Waals surface area contributed by atoms with Crippen LogP contribution < -0.4 is 29.6 Å². The van der Waals surface area contributed by atoms with Crippen molar-refractivity contribution in [2.75, 3.05) is 0 Å². The van der Waals surface area contributed by atoms with Crippen LogP contribution in [0.1, 0.15) is 152 Å². The van der Waals surface area contributed by atoms with E-state index >= 15 is 0 Å². The summed E-state index contributed by atoms with van der Waals surface area (Å²) in [4.78, 5) is 0. The molecule has 6 aliphatic rings. The molecule has 0 aliphatic heterocycles. The van der Waals surface area contributed by atoms with Crippen molar-refractivity contribution in [1.29, 1.82) is 0 Å². The fraction of sp³-hybridized carbons (Fsp3) is 0.727. The van der Waals surface area contributed by atoms with Crippen molar-refractivity contribution in [2.24, 2.45) is 16.2 Å². The van der Waals surface area contributed by atoms with Crippen LogP contribution >= 0.6 is 0 Å². The normalized spacial score (nSPS) is 38.9. The number of rotatable bonds is 3. The van der Waals surface area contributed by atoms with Crippen molar-refractivity contribution in [3.8, 4) is 0 Å². The molecular formula is C33H45BN6Na. The molecule has 3 saturated carbocycles. The Morgan fingerprint density at radius 1 is 0.537 bits per heavy atom. The van der Waals surface area contributed by atoms with Gasteiger partial charge in [-0.15, -0.1) is 0 Å². The van der Waals surface area contributed by atoms with Gasteiger partial charge < -0.3 is 13.8 Å². The summed E-state index contributed by atoms with van der Waals surface area (Å²) in [6, 6.07) is 0. The maximum Gasteiger partial charge on any atom is 1.00 e. The van der Waals surface area contributed by atoms with E-state index < -0.39 is 0 Å². The van der Waals surface area contributed by atoms with Crippen molar-refractivity contribution in [1.82, 2.24) is 29.1 Å². The summed E-state index contributed by atoms with van der Waals surface area (Å²) >= 11 is 0. The van der Waals surface area contributed by atoms with Crippen LogP contribution in [0.2, 0.25) is 0 Å². The molecular weight excluding hydrogens is 514 g/mol. The summed E-state index contributed by atoms with van der Waals surface area (Å²) in [5.74, 6) is 1.75. The van der Waals surface area contributed by atoms with Crippen LogP contribution in [0.4, 0.5) is 0 Å². The van der Waals surface area contributed by atoms with Crippen molar-refractivity contribution in [3.05, 3.63) is 52.4 Å². The molecule has 9 rings (SSSR count). The Morgan fingerprint density at radius 3 is 1.05 bits per heavy atom. The van der Waals surface area contributed by atoms with Crippen LogP contribution in [0.15, 0.2) is 18.6 Å². The van der Waals surface area contributed by atoms with E-state index in [0.29, 0.717) is 17.8 Å². The zero-order chi connectivity index (χ0) is 28.0. The first-order valence-corrected chi connectivity index (χ1v) is 16.0. The van der Waals surface area contributed by atoms with Gasteiger partial charge in [-0.25, -0.2) is 15.3 Å². The number of fused-ring (bicyclic) bond motifs is 15. The van der Waals surface area contributed by atoms with Crippen LogP contribution in [0.25, 0.3) is 0 Å². The Labute approximate surface area is 267 Å². The van der Waals surface area contributed by atoms with Gasteiger partial charge in [0.15, 0.2) is 0 Å². The molecule has 0 amide bonds. The molecule has 6 bridgehead atoms. The summed E-state index contributed by atoms with van der Waals surface area (Å²) in [6.07, 6.45) is 14.6. The van der Waals surface area contributed by atoms with Gasteiger partial charge in [0.05, 0.1) is 17.1 Å². The van der Waals surface area contributed by atoms with Crippen LogP contribution in [0, 0.1) is 16.2 Å². The van der Waals surface area contributed by atoms with Crippen LogP contribution in [-0.2, 0) is 16.2 Å². The molecule has 3 heterocycles. The van der Waals surface area contributed by atoms with E-state index in [4.69, 9.17) is 15.3 Å². The Bertz CT molecular complexity index is 1450. The number of nitrogens with zero attached hydrogens (tertiary/aromatic N) is 6. The molecule has 0 N–H and O–H groups in total. The van der Waals surface area contributed by atoms with Gasteiger partial charge in [-0.1, -0.05) is 62.3 Å². The van der Waals surface area contributed by atoms with Crippen LogP contribution in [0.3, 0.4) is 0 Å². The zero-order valence-electron chi connectivity index (χ0n) is 27.0. The summed E-state index contributed by atoms with van der Waals surface area (Å²) < 4.78 is 6.68. The minimum atomic E-state index is -0.217. The van der Waals surface area contributed by atoms with Gasteiger partial charge in [-0.05, 0) is 108 Å². The minimum Gasteiger partial charge on any atom is -0.424 e. The van der Waals surface area contributed by atoms with Gasteiger partial charge in [0, 0.05) is 16.2 Å². The van der Waals surface area contributed by atoms with Gasteiger partial charge in [0.1, 0.15) is 0 Å². The smallest absolute Gasteiger partial charge is 0.424 e. The van der Waals surface area contributed by atoms with Crippen LogP contribution in [-0.4, -0.2) is 36.2 Å². The van der Waals surface area contributed by atoms with Crippen LogP contribution in [0.5, 0.6) is 0 Å². The number of aromatic nitrogens is 6. The quantitative estimate of drug-likeness (QED) is 0.460. The Balaban J connectivity index is 0.00000256. The molecule has 6 atom stereocenters. The zero-order valence-corrected chi connectivity index (χ0v) is 29.0. The molecule has 211 valence electrons. The number of hydrogen-bond acceptors (Lipinski definition) is 3. The first-order chi connectivity index (χ1) is 18.7. The molecule has 8 heteroatoms. The maximum absolute atomic E-state index is 5.45. The second-order valence-corrected chi connectivity index (χ2v) is 17.0. The third-order valence-corrected chi connectivity index (χ3v) is 15.4. The molecule has 0 aromatic carbocycles. The van der Waals surface area contributed by atoms with E-state index in [9.17, 15) is 0 Å². The Kier molecular flexibility index (Phi) is 4.98. The maximum atomic E-state index is 5.45. The molecule has 1 radical (unpaired) electrons. The molecule has 41 heavy (non-hydrogen) atoms. The summed E-state index contributed by atoms with van der Waals surface area (Å²) in [5.41, 5.74) is 9.53. The van der Waals surface area contributed by atoms with Gasteiger partial charge in [0.25, 0.3) is 7.12 Å². The van der Waals surface area contributed by atoms with Crippen molar-refractivity contribution in [3.63, 3.8) is 0 Å². The first kappa shape index (κ1) is 27.3. The molecule has 6 nitrogen and oxygen atoms in total. The predicted octanol–water partition coefficient (Wildman–Crippen LogP) is 3.73. The molecule has 3 aromatic heterocycles. The van der Waals surface area contributed by atoms with E-state index in [1.54, 1.807) is 0 Å². The van der Waals surface area contributed by atoms with E-state index in [-0.39, 0.29) is 69.2 Å². The third kappa shape index (κ3) is 2.67. The summed E-state index contributed by atoms with van der Waals surface area (Å²) in [7, 11) is -0.217. The second-order valence-electron chi connectivity index (χ2n) is 17.0. The van der Waals surface area contributed by atoms with Gasteiger partial charge in [-0.2, -0.15) is 0 Å². The second kappa shape index (κ2) is 7.49. The van der Waals surface area contributed by atoms with Crippen molar-refractivity contribution >= 4 is 7.12 Å². The van der Waals surface area contributed by atoms with E-state index in [2.05, 4.69) is 94.7 Å².